The average Bonchev–Trinajstić information content (AvgIpc) is 2.74. The Morgan fingerprint density at radius 2 is 1.73 bits per heavy atom. The maximum Gasteiger partial charge on any atom is 0.331 e. The minimum atomic E-state index is -0.456. The smallest absolute Gasteiger partial charge is 0.331 e. The first kappa shape index (κ1) is 23.7. The van der Waals surface area contributed by atoms with Gasteiger partial charge in [0.1, 0.15) is 27.4 Å². The van der Waals surface area contributed by atoms with Crippen LogP contribution in [-0.4, -0.2) is 56.4 Å². The van der Waals surface area contributed by atoms with Gasteiger partial charge in [-0.1, -0.05) is 44.0 Å². The Morgan fingerprint density at radius 3 is 2.18 bits per heavy atom. The molecule has 1 aromatic heterocycles. The van der Waals surface area contributed by atoms with E-state index in [0.29, 0.717) is 42.0 Å². The van der Waals surface area contributed by atoms with Gasteiger partial charge in [0.2, 0.25) is 5.95 Å². The van der Waals surface area contributed by atoms with E-state index in [1.54, 1.807) is 29.1 Å². The van der Waals surface area contributed by atoms with E-state index in [9.17, 15) is 4.79 Å². The van der Waals surface area contributed by atoms with Crippen LogP contribution >= 0.6 is 23.2 Å². The van der Waals surface area contributed by atoms with E-state index >= 15 is 0 Å². The van der Waals surface area contributed by atoms with Crippen LogP contribution in [0.3, 0.4) is 0 Å². The van der Waals surface area contributed by atoms with Crippen LogP contribution in [0.5, 0.6) is 11.5 Å². The number of carbonyl (C=O) groups excluding carboxylic acids is 1. The van der Waals surface area contributed by atoms with Crippen molar-refractivity contribution in [3.8, 4) is 11.5 Å². The summed E-state index contributed by atoms with van der Waals surface area (Å²) in [7, 11) is 4.76. The molecule has 33 heavy (non-hydrogen) atoms. The monoisotopic (exact) mass is 494 g/mol. The molecule has 1 fully saturated rings. The summed E-state index contributed by atoms with van der Waals surface area (Å²) in [5.74, 6) is 1.75. The standard InChI is InChI=1S/C22H28Cl2N6O3/c1-22(2,3)18-12-10-27-20(25-4)28-19(12)29(11-8-26-9-11)21(31)30(18)17-15(23)13(32-5)7-14(33-6)16(17)24/h7,10-11,18,26H,8-9H2,1-6H3,(H,25,27,28). The quantitative estimate of drug-likeness (QED) is 0.638. The highest BCUT2D eigenvalue weighted by Gasteiger charge is 2.49. The van der Waals surface area contributed by atoms with Gasteiger partial charge in [0.25, 0.3) is 0 Å². The molecule has 1 atom stereocenters. The van der Waals surface area contributed by atoms with Crippen molar-refractivity contribution in [2.75, 3.05) is 49.5 Å². The number of anilines is 3. The van der Waals surface area contributed by atoms with Crippen molar-refractivity contribution in [2.24, 2.45) is 5.41 Å². The van der Waals surface area contributed by atoms with E-state index in [1.807, 2.05) is 20.8 Å². The minimum Gasteiger partial charge on any atom is -0.495 e. The lowest BCUT2D eigenvalue weighted by atomic mass is 9.80. The molecule has 178 valence electrons. The molecule has 4 rings (SSSR count). The second-order valence-electron chi connectivity index (χ2n) is 9.08. The second-order valence-corrected chi connectivity index (χ2v) is 9.84. The number of hydrogen-bond donors (Lipinski definition) is 2. The number of nitrogens with one attached hydrogen (secondary N) is 2. The maximum atomic E-state index is 14.2. The number of rotatable bonds is 5. The van der Waals surface area contributed by atoms with Gasteiger partial charge in [0, 0.05) is 38.0 Å². The fraction of sp³-hybridized carbons (Fsp3) is 0.500. The number of nitrogens with zero attached hydrogens (tertiary/aromatic N) is 4. The number of benzene rings is 1. The molecular weight excluding hydrogens is 467 g/mol. The molecule has 0 spiro atoms. The van der Waals surface area contributed by atoms with E-state index in [2.05, 4.69) is 20.6 Å². The molecule has 1 saturated heterocycles. The molecule has 2 N–H and O–H groups in total. The lowest BCUT2D eigenvalue weighted by molar-refractivity contribution is 0.227. The first-order valence-electron chi connectivity index (χ1n) is 10.6. The lowest BCUT2D eigenvalue weighted by Crippen LogP contribution is -2.65. The molecular formula is C22H28Cl2N6O3. The molecule has 11 heteroatoms. The Labute approximate surface area is 203 Å². The van der Waals surface area contributed by atoms with Crippen molar-refractivity contribution in [3.63, 3.8) is 0 Å². The predicted molar refractivity (Wildman–Crippen MR) is 130 cm³/mol. The number of aromatic nitrogens is 2. The van der Waals surface area contributed by atoms with Crippen molar-refractivity contribution in [1.82, 2.24) is 15.3 Å². The topological polar surface area (TPSA) is 91.9 Å². The molecule has 3 heterocycles. The molecule has 2 aromatic rings. The van der Waals surface area contributed by atoms with Gasteiger partial charge >= 0.3 is 6.03 Å². The number of urea groups is 1. The summed E-state index contributed by atoms with van der Waals surface area (Å²) >= 11 is 13.6. The van der Waals surface area contributed by atoms with Crippen LogP contribution in [0.25, 0.3) is 0 Å². The first-order chi connectivity index (χ1) is 15.6. The van der Waals surface area contributed by atoms with Crippen LogP contribution < -0.4 is 29.9 Å². The van der Waals surface area contributed by atoms with Gasteiger partial charge in [0.15, 0.2) is 0 Å². The predicted octanol–water partition coefficient (Wildman–Crippen LogP) is 4.35. The van der Waals surface area contributed by atoms with Gasteiger partial charge in [-0.15, -0.1) is 0 Å². The molecule has 2 aliphatic rings. The van der Waals surface area contributed by atoms with Gasteiger partial charge < -0.3 is 20.1 Å². The summed E-state index contributed by atoms with van der Waals surface area (Å²) in [5.41, 5.74) is 0.726. The number of ether oxygens (including phenoxy) is 2. The van der Waals surface area contributed by atoms with E-state index in [0.717, 1.165) is 5.56 Å². The van der Waals surface area contributed by atoms with Crippen LogP contribution in [0.4, 0.5) is 22.2 Å². The molecule has 0 aliphatic carbocycles. The third kappa shape index (κ3) is 3.82. The molecule has 0 bridgehead atoms. The maximum absolute atomic E-state index is 14.2. The Morgan fingerprint density at radius 1 is 1.12 bits per heavy atom. The summed E-state index contributed by atoms with van der Waals surface area (Å²) in [6.07, 6.45) is 1.77. The SMILES string of the molecule is CNc1ncc2c(n1)N(C1CNC1)C(=O)N(c1c(Cl)c(OC)cc(OC)c1Cl)C2C(C)(C)C. The largest absolute Gasteiger partial charge is 0.495 e. The average molecular weight is 495 g/mol. The number of halogens is 2. The van der Waals surface area contributed by atoms with E-state index in [-0.39, 0.29) is 22.1 Å². The molecule has 0 radical (unpaired) electrons. The Kier molecular flexibility index (Phi) is 6.24. The summed E-state index contributed by atoms with van der Waals surface area (Å²) in [6, 6.07) is 0.818. The fourth-order valence-corrected chi connectivity index (χ4v) is 4.98. The zero-order valence-electron chi connectivity index (χ0n) is 19.5. The summed E-state index contributed by atoms with van der Waals surface area (Å²) in [6.45, 7) is 7.45. The number of amides is 2. The zero-order valence-corrected chi connectivity index (χ0v) is 21.0. The normalized spacial score (nSPS) is 18.7. The molecule has 1 unspecified atom stereocenters. The van der Waals surface area contributed by atoms with Crippen molar-refractivity contribution in [3.05, 3.63) is 27.9 Å². The van der Waals surface area contributed by atoms with Gasteiger partial charge in [-0.25, -0.2) is 9.78 Å². The minimum absolute atomic E-state index is 0.0654. The number of hydrogen-bond acceptors (Lipinski definition) is 7. The van der Waals surface area contributed by atoms with Gasteiger partial charge in [0.05, 0.1) is 32.0 Å². The van der Waals surface area contributed by atoms with Crippen LogP contribution in [0, 0.1) is 5.41 Å². The molecule has 2 aliphatic heterocycles. The zero-order chi connectivity index (χ0) is 24.1. The van der Waals surface area contributed by atoms with Crippen LogP contribution in [0.15, 0.2) is 12.3 Å². The van der Waals surface area contributed by atoms with E-state index in [4.69, 9.17) is 32.7 Å². The molecule has 1 aromatic carbocycles. The van der Waals surface area contributed by atoms with Crippen molar-refractivity contribution < 1.29 is 14.3 Å². The van der Waals surface area contributed by atoms with Crippen molar-refractivity contribution >= 4 is 46.7 Å². The van der Waals surface area contributed by atoms with Crippen molar-refractivity contribution in [2.45, 2.75) is 32.9 Å². The highest BCUT2D eigenvalue weighted by molar-refractivity contribution is 6.42. The highest BCUT2D eigenvalue weighted by Crippen LogP contribution is 2.54. The van der Waals surface area contributed by atoms with E-state index in [1.165, 1.54) is 14.2 Å². The Bertz CT molecular complexity index is 1060. The van der Waals surface area contributed by atoms with Gasteiger partial charge in [-0.3, -0.25) is 9.80 Å². The van der Waals surface area contributed by atoms with Crippen molar-refractivity contribution in [1.29, 1.82) is 0 Å². The number of methoxy groups -OCH3 is 2. The third-order valence-corrected chi connectivity index (χ3v) is 6.68. The molecule has 9 nitrogen and oxygen atoms in total. The fourth-order valence-electron chi connectivity index (χ4n) is 4.29. The Balaban J connectivity index is 2.03. The first-order valence-corrected chi connectivity index (χ1v) is 11.4. The highest BCUT2D eigenvalue weighted by atomic mass is 35.5. The van der Waals surface area contributed by atoms with Crippen LogP contribution in [-0.2, 0) is 0 Å². The summed E-state index contributed by atoms with van der Waals surface area (Å²) < 4.78 is 10.9. The summed E-state index contributed by atoms with van der Waals surface area (Å²) in [4.78, 5) is 26.7. The van der Waals surface area contributed by atoms with Crippen LogP contribution in [0.2, 0.25) is 10.0 Å². The summed E-state index contributed by atoms with van der Waals surface area (Å²) in [5, 5.41) is 6.66. The number of fused-ring (bicyclic) bond motifs is 1. The van der Waals surface area contributed by atoms with Crippen LogP contribution in [0.1, 0.15) is 32.4 Å². The van der Waals surface area contributed by atoms with Gasteiger partial charge in [-0.2, -0.15) is 4.98 Å². The second kappa shape index (κ2) is 8.70. The molecule has 0 saturated carbocycles. The lowest BCUT2D eigenvalue weighted by Gasteiger charge is -2.50. The molecule has 2 amide bonds. The third-order valence-electron chi connectivity index (χ3n) is 5.95. The Hall–Kier alpha value is -2.49. The van der Waals surface area contributed by atoms with Gasteiger partial charge in [-0.05, 0) is 5.41 Å². The van der Waals surface area contributed by atoms with E-state index < -0.39 is 11.5 Å². The number of carbonyl (C=O) groups is 1.